The van der Waals surface area contributed by atoms with Crippen LogP contribution >= 0.6 is 24.0 Å². The minimum Gasteiger partial charge on any atom is -0.381 e. The van der Waals surface area contributed by atoms with Gasteiger partial charge in [-0.3, -0.25) is 4.99 Å². The van der Waals surface area contributed by atoms with Crippen molar-refractivity contribution in [1.29, 1.82) is 0 Å². The van der Waals surface area contributed by atoms with E-state index < -0.39 is 0 Å². The van der Waals surface area contributed by atoms with Gasteiger partial charge in [0.05, 0.1) is 13.2 Å². The SMILES string of the molecule is CCNC(=NCCN(C)C1CC1)N1CCC2(CCOC2)C1.I. The Labute approximate surface area is 151 Å². The quantitative estimate of drug-likeness (QED) is 0.417. The van der Waals surface area contributed by atoms with Gasteiger partial charge < -0.3 is 19.9 Å². The summed E-state index contributed by atoms with van der Waals surface area (Å²) in [7, 11) is 2.22. The van der Waals surface area contributed by atoms with Crippen LogP contribution in [0.3, 0.4) is 0 Å². The first-order valence-corrected chi connectivity index (χ1v) is 8.54. The van der Waals surface area contributed by atoms with Crippen molar-refractivity contribution in [3.8, 4) is 0 Å². The van der Waals surface area contributed by atoms with E-state index in [1.165, 1.54) is 25.7 Å². The van der Waals surface area contributed by atoms with Gasteiger partial charge in [0.2, 0.25) is 0 Å². The highest BCUT2D eigenvalue weighted by molar-refractivity contribution is 14.0. The lowest BCUT2D eigenvalue weighted by Crippen LogP contribution is -2.42. The lowest BCUT2D eigenvalue weighted by Gasteiger charge is -2.25. The van der Waals surface area contributed by atoms with E-state index in [0.717, 1.165) is 57.9 Å². The van der Waals surface area contributed by atoms with Crippen molar-refractivity contribution in [3.05, 3.63) is 0 Å². The van der Waals surface area contributed by atoms with Gasteiger partial charge in [-0.1, -0.05) is 0 Å². The summed E-state index contributed by atoms with van der Waals surface area (Å²) in [5, 5.41) is 3.47. The number of likely N-dealkylation sites (tertiary alicyclic amines) is 1. The summed E-state index contributed by atoms with van der Waals surface area (Å²) in [4.78, 5) is 9.74. The Hall–Kier alpha value is -0.0800. The van der Waals surface area contributed by atoms with E-state index in [1.54, 1.807) is 0 Å². The number of ether oxygens (including phenoxy) is 1. The van der Waals surface area contributed by atoms with Gasteiger partial charge in [0.25, 0.3) is 0 Å². The van der Waals surface area contributed by atoms with Crippen molar-refractivity contribution < 1.29 is 4.74 Å². The van der Waals surface area contributed by atoms with Crippen LogP contribution in [0.25, 0.3) is 0 Å². The molecule has 3 aliphatic rings. The van der Waals surface area contributed by atoms with Crippen LogP contribution in [0, 0.1) is 5.41 Å². The van der Waals surface area contributed by atoms with Gasteiger partial charge >= 0.3 is 0 Å². The van der Waals surface area contributed by atoms with Crippen LogP contribution in [0.2, 0.25) is 0 Å². The van der Waals surface area contributed by atoms with Gasteiger partial charge in [-0.25, -0.2) is 0 Å². The first-order valence-electron chi connectivity index (χ1n) is 8.54. The number of nitrogens with one attached hydrogen (secondary N) is 1. The van der Waals surface area contributed by atoms with Crippen molar-refractivity contribution in [2.75, 3.05) is 53.0 Å². The van der Waals surface area contributed by atoms with Gasteiger partial charge in [0.1, 0.15) is 0 Å². The topological polar surface area (TPSA) is 40.1 Å². The van der Waals surface area contributed by atoms with Crippen LogP contribution in [-0.4, -0.2) is 74.8 Å². The fourth-order valence-electron chi connectivity index (χ4n) is 3.52. The summed E-state index contributed by atoms with van der Waals surface area (Å²) in [6.45, 7) is 9.16. The highest BCUT2D eigenvalue weighted by atomic mass is 127. The second-order valence-electron chi connectivity index (χ2n) is 6.92. The Balaban J connectivity index is 0.00000176. The Morgan fingerprint density at radius 3 is 2.86 bits per heavy atom. The fraction of sp³-hybridized carbons (Fsp3) is 0.938. The Morgan fingerprint density at radius 2 is 2.23 bits per heavy atom. The predicted molar refractivity (Wildman–Crippen MR) is 101 cm³/mol. The van der Waals surface area contributed by atoms with Crippen LogP contribution in [-0.2, 0) is 4.74 Å². The fourth-order valence-corrected chi connectivity index (χ4v) is 3.52. The number of hydrogen-bond donors (Lipinski definition) is 1. The van der Waals surface area contributed by atoms with Crippen molar-refractivity contribution in [1.82, 2.24) is 15.1 Å². The number of nitrogens with zero attached hydrogens (tertiary/aromatic N) is 3. The molecule has 2 heterocycles. The molecular weight excluding hydrogens is 391 g/mol. The average molecular weight is 422 g/mol. The molecule has 3 fully saturated rings. The second kappa shape index (κ2) is 8.15. The molecule has 22 heavy (non-hydrogen) atoms. The predicted octanol–water partition coefficient (Wildman–Crippen LogP) is 1.78. The van der Waals surface area contributed by atoms with E-state index >= 15 is 0 Å². The van der Waals surface area contributed by atoms with E-state index in [4.69, 9.17) is 9.73 Å². The number of likely N-dealkylation sites (N-methyl/N-ethyl adjacent to an activating group) is 1. The minimum atomic E-state index is 0. The third-order valence-electron chi connectivity index (χ3n) is 5.14. The smallest absolute Gasteiger partial charge is 0.193 e. The Bertz CT molecular complexity index is 380. The third-order valence-corrected chi connectivity index (χ3v) is 5.14. The molecule has 3 rings (SSSR count). The van der Waals surface area contributed by atoms with E-state index in [9.17, 15) is 0 Å². The Kier molecular flexibility index (Phi) is 6.76. The molecule has 0 aromatic rings. The molecule has 0 aromatic heterocycles. The van der Waals surface area contributed by atoms with Gasteiger partial charge in [-0.15, -0.1) is 24.0 Å². The number of rotatable bonds is 5. The van der Waals surface area contributed by atoms with Crippen LogP contribution in [0.5, 0.6) is 0 Å². The number of hydrogen-bond acceptors (Lipinski definition) is 3. The zero-order valence-electron chi connectivity index (χ0n) is 14.0. The first kappa shape index (κ1) is 18.3. The van der Waals surface area contributed by atoms with Crippen molar-refractivity contribution >= 4 is 29.9 Å². The van der Waals surface area contributed by atoms with E-state index in [2.05, 4.69) is 29.1 Å². The summed E-state index contributed by atoms with van der Waals surface area (Å²) < 4.78 is 5.62. The maximum Gasteiger partial charge on any atom is 0.193 e. The molecule has 128 valence electrons. The lowest BCUT2D eigenvalue weighted by molar-refractivity contribution is 0.156. The zero-order valence-corrected chi connectivity index (χ0v) is 16.3. The lowest BCUT2D eigenvalue weighted by atomic mass is 9.87. The van der Waals surface area contributed by atoms with Crippen LogP contribution in [0.4, 0.5) is 0 Å². The molecule has 0 bridgehead atoms. The number of guanidine groups is 1. The molecule has 1 N–H and O–H groups in total. The first-order chi connectivity index (χ1) is 10.2. The van der Waals surface area contributed by atoms with E-state index in [-0.39, 0.29) is 24.0 Å². The molecular formula is C16H31IN4O. The van der Waals surface area contributed by atoms with Crippen LogP contribution in [0.1, 0.15) is 32.6 Å². The molecule has 0 aromatic carbocycles. The number of halogens is 1. The summed E-state index contributed by atoms with van der Waals surface area (Å²) in [6, 6.07) is 0.827. The van der Waals surface area contributed by atoms with Crippen LogP contribution in [0.15, 0.2) is 4.99 Å². The molecule has 0 amide bonds. The summed E-state index contributed by atoms with van der Waals surface area (Å²) >= 11 is 0. The highest BCUT2D eigenvalue weighted by Crippen LogP contribution is 2.38. The normalized spacial score (nSPS) is 28.5. The summed E-state index contributed by atoms with van der Waals surface area (Å²) in [5.74, 6) is 1.10. The standard InChI is InChI=1S/C16H30N4O.HI/c1-3-17-15(18-8-10-19(2)14-4-5-14)20-9-6-16(12-20)7-11-21-13-16;/h14H,3-13H2,1-2H3,(H,17,18);1H. The van der Waals surface area contributed by atoms with Crippen molar-refractivity contribution in [2.45, 2.75) is 38.6 Å². The summed E-state index contributed by atoms with van der Waals surface area (Å²) in [6.07, 6.45) is 5.20. The van der Waals surface area contributed by atoms with Crippen LogP contribution < -0.4 is 5.32 Å². The highest BCUT2D eigenvalue weighted by Gasteiger charge is 2.42. The zero-order chi connectivity index (χ0) is 14.7. The molecule has 0 radical (unpaired) electrons. The second-order valence-corrected chi connectivity index (χ2v) is 6.92. The largest absolute Gasteiger partial charge is 0.381 e. The molecule has 6 heteroatoms. The molecule has 2 aliphatic heterocycles. The van der Waals surface area contributed by atoms with E-state index in [0.29, 0.717) is 5.41 Å². The van der Waals surface area contributed by atoms with Crippen molar-refractivity contribution in [3.63, 3.8) is 0 Å². The monoisotopic (exact) mass is 422 g/mol. The molecule has 5 nitrogen and oxygen atoms in total. The average Bonchev–Trinajstić information content (AvgIpc) is 3.12. The summed E-state index contributed by atoms with van der Waals surface area (Å²) in [5.41, 5.74) is 0.404. The molecule has 1 spiro atoms. The molecule has 1 saturated carbocycles. The van der Waals surface area contributed by atoms with Gasteiger partial charge in [-0.05, 0) is 39.7 Å². The van der Waals surface area contributed by atoms with Gasteiger partial charge in [0.15, 0.2) is 5.96 Å². The van der Waals surface area contributed by atoms with Gasteiger partial charge in [0, 0.05) is 44.2 Å². The maximum atomic E-state index is 5.62. The molecule has 2 saturated heterocycles. The molecule has 1 unspecified atom stereocenters. The number of aliphatic imine (C=N–C) groups is 1. The minimum absolute atomic E-state index is 0. The van der Waals surface area contributed by atoms with E-state index in [1.807, 2.05) is 0 Å². The van der Waals surface area contributed by atoms with Gasteiger partial charge in [-0.2, -0.15) is 0 Å². The maximum absolute atomic E-state index is 5.62. The molecule has 1 atom stereocenters. The molecule has 1 aliphatic carbocycles. The third kappa shape index (κ3) is 4.47. The van der Waals surface area contributed by atoms with Crippen molar-refractivity contribution in [2.24, 2.45) is 10.4 Å². The Morgan fingerprint density at radius 1 is 1.41 bits per heavy atom.